The smallest absolute Gasteiger partial charge is 0.255 e. The molecular weight excluding hydrogens is 316 g/mol. The van der Waals surface area contributed by atoms with Crippen molar-refractivity contribution in [1.82, 2.24) is 9.80 Å². The van der Waals surface area contributed by atoms with Gasteiger partial charge in [-0.2, -0.15) is 0 Å². The van der Waals surface area contributed by atoms with Crippen LogP contribution in [0.25, 0.3) is 0 Å². The highest BCUT2D eigenvalue weighted by Gasteiger charge is 2.15. The summed E-state index contributed by atoms with van der Waals surface area (Å²) < 4.78 is 0. The number of nitrogen functional groups attached to an aromatic ring is 2. The molecule has 132 valence electrons. The first-order valence-electron chi connectivity index (χ1n) is 7.90. The fraction of sp³-hybridized carbons (Fsp3) is 0.263. The molecule has 6 nitrogen and oxygen atoms in total. The van der Waals surface area contributed by atoms with Gasteiger partial charge in [0.2, 0.25) is 0 Å². The molecule has 0 unspecified atom stereocenters. The topological polar surface area (TPSA) is 92.7 Å². The molecule has 0 spiro atoms. The van der Waals surface area contributed by atoms with Crippen LogP contribution in [0.1, 0.15) is 31.8 Å². The minimum absolute atomic E-state index is 0.139. The van der Waals surface area contributed by atoms with E-state index < -0.39 is 0 Å². The summed E-state index contributed by atoms with van der Waals surface area (Å²) in [4.78, 5) is 27.4. The summed E-state index contributed by atoms with van der Waals surface area (Å²) in [6.45, 7) is 0. The number of rotatable bonds is 4. The van der Waals surface area contributed by atoms with E-state index in [2.05, 4.69) is 0 Å². The van der Waals surface area contributed by atoms with Crippen molar-refractivity contribution in [2.75, 3.05) is 39.7 Å². The summed E-state index contributed by atoms with van der Waals surface area (Å²) >= 11 is 0. The normalized spacial score (nSPS) is 10.4. The molecule has 4 N–H and O–H groups in total. The number of benzene rings is 2. The zero-order valence-electron chi connectivity index (χ0n) is 15.0. The minimum atomic E-state index is -0.139. The van der Waals surface area contributed by atoms with Crippen molar-refractivity contribution >= 4 is 23.2 Å². The van der Waals surface area contributed by atoms with Crippen LogP contribution in [0.5, 0.6) is 0 Å². The van der Waals surface area contributed by atoms with Gasteiger partial charge in [0.15, 0.2) is 0 Å². The molecule has 0 bridgehead atoms. The number of anilines is 2. The molecular formula is C19H24N4O2. The van der Waals surface area contributed by atoms with Crippen LogP contribution in [-0.2, 0) is 6.42 Å². The van der Waals surface area contributed by atoms with Crippen LogP contribution in [0, 0.1) is 0 Å². The molecule has 25 heavy (non-hydrogen) atoms. The molecule has 0 saturated heterocycles. The predicted octanol–water partition coefficient (Wildman–Crippen LogP) is 1.85. The molecule has 2 amide bonds. The van der Waals surface area contributed by atoms with Crippen LogP contribution >= 0.6 is 0 Å². The molecule has 0 aliphatic rings. The summed E-state index contributed by atoms with van der Waals surface area (Å²) in [5.41, 5.74) is 15.6. The molecule has 2 rings (SSSR count). The van der Waals surface area contributed by atoms with E-state index in [1.54, 1.807) is 52.5 Å². The van der Waals surface area contributed by atoms with Crippen molar-refractivity contribution < 1.29 is 9.59 Å². The fourth-order valence-corrected chi connectivity index (χ4v) is 2.51. The number of amides is 2. The Labute approximate surface area is 148 Å². The lowest BCUT2D eigenvalue weighted by Gasteiger charge is -2.15. The van der Waals surface area contributed by atoms with Gasteiger partial charge in [-0.05, 0) is 41.8 Å². The summed E-state index contributed by atoms with van der Waals surface area (Å²) in [7, 11) is 6.75. The number of hydrogen-bond acceptors (Lipinski definition) is 4. The lowest BCUT2D eigenvalue weighted by atomic mass is 9.99. The van der Waals surface area contributed by atoms with E-state index >= 15 is 0 Å². The molecule has 2 aromatic rings. The Morgan fingerprint density at radius 1 is 0.760 bits per heavy atom. The molecule has 0 aromatic heterocycles. The van der Waals surface area contributed by atoms with Gasteiger partial charge in [-0.1, -0.05) is 12.1 Å². The second-order valence-electron chi connectivity index (χ2n) is 6.42. The van der Waals surface area contributed by atoms with E-state index in [1.807, 2.05) is 12.1 Å². The van der Waals surface area contributed by atoms with Crippen LogP contribution in [0.4, 0.5) is 11.4 Å². The highest BCUT2D eigenvalue weighted by Crippen LogP contribution is 2.21. The van der Waals surface area contributed by atoms with Crippen molar-refractivity contribution in [2.24, 2.45) is 0 Å². The van der Waals surface area contributed by atoms with Crippen LogP contribution < -0.4 is 11.5 Å². The van der Waals surface area contributed by atoms with E-state index in [-0.39, 0.29) is 11.8 Å². The summed E-state index contributed by atoms with van der Waals surface area (Å²) in [5, 5.41) is 0. The maximum absolute atomic E-state index is 12.2. The highest BCUT2D eigenvalue weighted by molar-refractivity contribution is 5.99. The van der Waals surface area contributed by atoms with Gasteiger partial charge >= 0.3 is 0 Å². The Morgan fingerprint density at radius 3 is 1.44 bits per heavy atom. The molecule has 0 heterocycles. The molecule has 0 fully saturated rings. The molecule has 0 radical (unpaired) electrons. The minimum Gasteiger partial charge on any atom is -0.398 e. The number of carbonyl (C=O) groups is 2. The first-order chi connectivity index (χ1) is 11.7. The third kappa shape index (κ3) is 4.09. The lowest BCUT2D eigenvalue weighted by molar-refractivity contribution is 0.0821. The van der Waals surface area contributed by atoms with Gasteiger partial charge in [0, 0.05) is 39.6 Å². The predicted molar refractivity (Wildman–Crippen MR) is 101 cm³/mol. The van der Waals surface area contributed by atoms with Gasteiger partial charge in [0.1, 0.15) is 0 Å². The van der Waals surface area contributed by atoms with Crippen molar-refractivity contribution in [1.29, 1.82) is 0 Å². The van der Waals surface area contributed by atoms with Gasteiger partial charge < -0.3 is 21.3 Å². The molecule has 0 aliphatic heterocycles. The number of nitrogens with two attached hydrogens (primary N) is 2. The number of carbonyl (C=O) groups excluding carboxylic acids is 2. The standard InChI is InChI=1S/C19H24N4O2/c1-22(2)18(24)14-10-12(5-7-16(14)20)9-13-6-8-17(21)15(11-13)19(25)23(3)4/h5-8,10-11H,9,20-21H2,1-4H3. The molecule has 0 saturated carbocycles. The Balaban J connectivity index is 2.34. The fourth-order valence-electron chi connectivity index (χ4n) is 2.51. The zero-order chi connectivity index (χ0) is 18.7. The Bertz CT molecular complexity index is 746. The van der Waals surface area contributed by atoms with Crippen molar-refractivity contribution in [3.05, 3.63) is 58.7 Å². The van der Waals surface area contributed by atoms with E-state index in [1.165, 1.54) is 9.80 Å². The average molecular weight is 340 g/mol. The third-order valence-corrected chi connectivity index (χ3v) is 3.92. The lowest BCUT2D eigenvalue weighted by Crippen LogP contribution is -2.23. The van der Waals surface area contributed by atoms with Crippen LogP contribution in [0.3, 0.4) is 0 Å². The largest absolute Gasteiger partial charge is 0.398 e. The maximum atomic E-state index is 12.2. The highest BCUT2D eigenvalue weighted by atomic mass is 16.2. The Hall–Kier alpha value is -3.02. The summed E-state index contributed by atoms with van der Waals surface area (Å²) in [6.07, 6.45) is 0.571. The molecule has 6 heteroatoms. The van der Waals surface area contributed by atoms with E-state index in [9.17, 15) is 9.59 Å². The van der Waals surface area contributed by atoms with Gasteiger partial charge in [-0.15, -0.1) is 0 Å². The Morgan fingerprint density at radius 2 is 1.12 bits per heavy atom. The third-order valence-electron chi connectivity index (χ3n) is 3.92. The second-order valence-corrected chi connectivity index (χ2v) is 6.42. The zero-order valence-corrected chi connectivity index (χ0v) is 15.0. The number of hydrogen-bond donors (Lipinski definition) is 2. The van der Waals surface area contributed by atoms with Crippen molar-refractivity contribution in [3.8, 4) is 0 Å². The van der Waals surface area contributed by atoms with Gasteiger partial charge in [0.05, 0.1) is 11.1 Å². The summed E-state index contributed by atoms with van der Waals surface area (Å²) in [5.74, 6) is -0.278. The first kappa shape index (κ1) is 18.3. The van der Waals surface area contributed by atoms with Crippen molar-refractivity contribution in [2.45, 2.75) is 6.42 Å². The van der Waals surface area contributed by atoms with E-state index in [4.69, 9.17) is 11.5 Å². The van der Waals surface area contributed by atoms with Crippen molar-refractivity contribution in [3.63, 3.8) is 0 Å². The summed E-state index contributed by atoms with van der Waals surface area (Å²) in [6, 6.07) is 10.8. The molecule has 0 aliphatic carbocycles. The molecule has 2 aromatic carbocycles. The van der Waals surface area contributed by atoms with Crippen LogP contribution in [0.15, 0.2) is 36.4 Å². The quantitative estimate of drug-likeness (QED) is 0.831. The average Bonchev–Trinajstić information content (AvgIpc) is 2.56. The van der Waals surface area contributed by atoms with E-state index in [0.717, 1.165) is 11.1 Å². The van der Waals surface area contributed by atoms with Gasteiger partial charge in [-0.3, -0.25) is 9.59 Å². The SMILES string of the molecule is CN(C)C(=O)c1cc(Cc2ccc(N)c(C(=O)N(C)C)c2)ccc1N. The maximum Gasteiger partial charge on any atom is 0.255 e. The second kappa shape index (κ2) is 7.25. The van der Waals surface area contributed by atoms with Crippen LogP contribution in [0.2, 0.25) is 0 Å². The van der Waals surface area contributed by atoms with Gasteiger partial charge in [-0.25, -0.2) is 0 Å². The van der Waals surface area contributed by atoms with Crippen LogP contribution in [-0.4, -0.2) is 49.8 Å². The Kier molecular flexibility index (Phi) is 5.32. The van der Waals surface area contributed by atoms with E-state index in [0.29, 0.717) is 28.9 Å². The van der Waals surface area contributed by atoms with Gasteiger partial charge in [0.25, 0.3) is 11.8 Å². The number of nitrogens with zero attached hydrogens (tertiary/aromatic N) is 2. The first-order valence-corrected chi connectivity index (χ1v) is 7.90. The molecule has 0 atom stereocenters. The monoisotopic (exact) mass is 340 g/mol.